The van der Waals surface area contributed by atoms with Crippen molar-refractivity contribution in [3.8, 4) is 0 Å². The van der Waals surface area contributed by atoms with Gasteiger partial charge in [-0.15, -0.1) is 12.4 Å². The Balaban J connectivity index is 0.00000256. The van der Waals surface area contributed by atoms with Crippen LogP contribution in [0.2, 0.25) is 0 Å². The predicted octanol–water partition coefficient (Wildman–Crippen LogP) is 2.56. The minimum atomic E-state index is -3.16. The molecule has 2 N–H and O–H groups in total. The van der Waals surface area contributed by atoms with Crippen molar-refractivity contribution in [2.24, 2.45) is 11.1 Å². The van der Waals surface area contributed by atoms with Crippen molar-refractivity contribution in [3.05, 3.63) is 29.8 Å². The van der Waals surface area contributed by atoms with E-state index in [-0.39, 0.29) is 23.9 Å². The average Bonchev–Trinajstić information content (AvgIpc) is 2.14. The van der Waals surface area contributed by atoms with Crippen LogP contribution in [-0.4, -0.2) is 14.7 Å². The van der Waals surface area contributed by atoms with E-state index in [0.717, 1.165) is 5.56 Å². The third-order valence-electron chi connectivity index (χ3n) is 2.58. The SMILES string of the molecule is CC(C)(C)[C@H](N)c1cccc(S(C)(=O)=O)c1.Cl. The van der Waals surface area contributed by atoms with Crippen LogP contribution in [0.1, 0.15) is 32.4 Å². The van der Waals surface area contributed by atoms with Crippen molar-refractivity contribution >= 4 is 22.2 Å². The normalized spacial score (nSPS) is 13.9. The number of sulfone groups is 1. The van der Waals surface area contributed by atoms with Crippen LogP contribution >= 0.6 is 12.4 Å². The van der Waals surface area contributed by atoms with Gasteiger partial charge in [-0.1, -0.05) is 32.9 Å². The summed E-state index contributed by atoms with van der Waals surface area (Å²) in [5, 5.41) is 0. The Morgan fingerprint density at radius 1 is 1.24 bits per heavy atom. The van der Waals surface area contributed by atoms with E-state index in [0.29, 0.717) is 4.90 Å². The van der Waals surface area contributed by atoms with Crippen molar-refractivity contribution in [2.75, 3.05) is 6.26 Å². The fourth-order valence-corrected chi connectivity index (χ4v) is 2.11. The summed E-state index contributed by atoms with van der Waals surface area (Å²) < 4.78 is 22.8. The van der Waals surface area contributed by atoms with Gasteiger partial charge in [0.2, 0.25) is 0 Å². The van der Waals surface area contributed by atoms with E-state index in [4.69, 9.17) is 5.73 Å². The second-order valence-electron chi connectivity index (χ2n) is 5.19. The fourth-order valence-electron chi connectivity index (χ4n) is 1.44. The molecule has 0 aliphatic heterocycles. The highest BCUT2D eigenvalue weighted by Gasteiger charge is 2.23. The molecule has 17 heavy (non-hydrogen) atoms. The highest BCUT2D eigenvalue weighted by atomic mass is 35.5. The molecule has 0 saturated carbocycles. The van der Waals surface area contributed by atoms with Crippen LogP contribution in [0.4, 0.5) is 0 Å². The minimum Gasteiger partial charge on any atom is -0.324 e. The van der Waals surface area contributed by atoms with Crippen molar-refractivity contribution in [2.45, 2.75) is 31.7 Å². The summed E-state index contributed by atoms with van der Waals surface area (Å²) in [6.07, 6.45) is 1.20. The molecule has 98 valence electrons. The topological polar surface area (TPSA) is 60.2 Å². The minimum absolute atomic E-state index is 0. The van der Waals surface area contributed by atoms with Gasteiger partial charge in [0.15, 0.2) is 9.84 Å². The number of rotatable bonds is 2. The van der Waals surface area contributed by atoms with Gasteiger partial charge in [-0.05, 0) is 23.1 Å². The Hall–Kier alpha value is -0.580. The van der Waals surface area contributed by atoms with Crippen LogP contribution in [0.3, 0.4) is 0 Å². The van der Waals surface area contributed by atoms with Crippen molar-refractivity contribution in [3.63, 3.8) is 0 Å². The molecule has 0 heterocycles. The zero-order valence-corrected chi connectivity index (χ0v) is 12.2. The molecule has 0 fully saturated rings. The van der Waals surface area contributed by atoms with Crippen molar-refractivity contribution < 1.29 is 8.42 Å². The maximum atomic E-state index is 11.4. The second-order valence-corrected chi connectivity index (χ2v) is 7.20. The molecule has 0 aromatic heterocycles. The van der Waals surface area contributed by atoms with Crippen molar-refractivity contribution in [1.29, 1.82) is 0 Å². The quantitative estimate of drug-likeness (QED) is 0.904. The largest absolute Gasteiger partial charge is 0.324 e. The third kappa shape index (κ3) is 4.30. The maximum Gasteiger partial charge on any atom is 0.175 e. The molecule has 0 radical (unpaired) electrons. The van der Waals surface area contributed by atoms with Crippen molar-refractivity contribution in [1.82, 2.24) is 0 Å². The Labute approximate surface area is 110 Å². The van der Waals surface area contributed by atoms with Gasteiger partial charge in [-0.2, -0.15) is 0 Å². The summed E-state index contributed by atoms with van der Waals surface area (Å²) in [6, 6.07) is 6.68. The lowest BCUT2D eigenvalue weighted by Gasteiger charge is -2.27. The first kappa shape index (κ1) is 16.4. The second kappa shape index (κ2) is 5.38. The summed E-state index contributed by atoms with van der Waals surface area (Å²) in [7, 11) is -3.16. The Morgan fingerprint density at radius 3 is 2.18 bits per heavy atom. The van der Waals surface area contributed by atoms with E-state index < -0.39 is 9.84 Å². The highest BCUT2D eigenvalue weighted by molar-refractivity contribution is 7.90. The maximum absolute atomic E-state index is 11.4. The molecular formula is C12H20ClNO2S. The smallest absolute Gasteiger partial charge is 0.175 e. The molecule has 1 aromatic rings. The fraction of sp³-hybridized carbons (Fsp3) is 0.500. The summed E-state index contributed by atoms with van der Waals surface area (Å²) in [6.45, 7) is 6.10. The van der Waals surface area contributed by atoms with Gasteiger partial charge >= 0.3 is 0 Å². The number of hydrogen-bond acceptors (Lipinski definition) is 3. The first-order valence-electron chi connectivity index (χ1n) is 5.18. The van der Waals surface area contributed by atoms with E-state index in [1.54, 1.807) is 18.2 Å². The third-order valence-corrected chi connectivity index (χ3v) is 3.69. The van der Waals surface area contributed by atoms with E-state index in [1.807, 2.05) is 26.8 Å². The molecule has 1 rings (SSSR count). The van der Waals surface area contributed by atoms with Crippen LogP contribution in [0, 0.1) is 5.41 Å². The van der Waals surface area contributed by atoms with Gasteiger partial charge in [0.25, 0.3) is 0 Å². The van der Waals surface area contributed by atoms with Gasteiger partial charge in [0.05, 0.1) is 4.90 Å². The summed E-state index contributed by atoms with van der Waals surface area (Å²) in [5.41, 5.74) is 6.86. The number of hydrogen-bond donors (Lipinski definition) is 1. The molecule has 3 nitrogen and oxygen atoms in total. The van der Waals surface area contributed by atoms with Crippen LogP contribution in [0.25, 0.3) is 0 Å². The highest BCUT2D eigenvalue weighted by Crippen LogP contribution is 2.31. The molecule has 1 atom stereocenters. The van der Waals surface area contributed by atoms with E-state index in [9.17, 15) is 8.42 Å². The first-order valence-corrected chi connectivity index (χ1v) is 7.07. The standard InChI is InChI=1S/C12H19NO2S.ClH/c1-12(2,3)11(13)9-6-5-7-10(8-9)16(4,14)15;/h5-8,11H,13H2,1-4H3;1H/t11-;/m1./s1. The molecule has 1 aromatic carbocycles. The number of nitrogens with two attached hydrogens (primary N) is 1. The zero-order chi connectivity index (χ0) is 12.6. The first-order chi connectivity index (χ1) is 7.12. The van der Waals surface area contributed by atoms with E-state index in [2.05, 4.69) is 0 Å². The van der Waals surface area contributed by atoms with Gasteiger partial charge < -0.3 is 5.73 Å². The monoisotopic (exact) mass is 277 g/mol. The predicted molar refractivity (Wildman–Crippen MR) is 73.2 cm³/mol. The van der Waals surface area contributed by atoms with Crippen LogP contribution in [0.15, 0.2) is 29.2 Å². The summed E-state index contributed by atoms with van der Waals surface area (Å²) in [5.74, 6) is 0. The molecular weight excluding hydrogens is 258 g/mol. The van der Waals surface area contributed by atoms with Crippen LogP contribution < -0.4 is 5.73 Å². The zero-order valence-electron chi connectivity index (χ0n) is 10.6. The summed E-state index contributed by atoms with van der Waals surface area (Å²) in [4.78, 5) is 0.324. The van der Waals surface area contributed by atoms with Gasteiger partial charge in [-0.25, -0.2) is 8.42 Å². The Kier molecular flexibility index (Phi) is 5.19. The van der Waals surface area contributed by atoms with Gasteiger partial charge in [-0.3, -0.25) is 0 Å². The van der Waals surface area contributed by atoms with Gasteiger partial charge in [0, 0.05) is 12.3 Å². The summed E-state index contributed by atoms with van der Waals surface area (Å²) >= 11 is 0. The van der Waals surface area contributed by atoms with E-state index >= 15 is 0 Å². The molecule has 0 spiro atoms. The number of halogens is 1. The lowest BCUT2D eigenvalue weighted by atomic mass is 9.83. The molecule has 0 bridgehead atoms. The molecule has 0 amide bonds. The Bertz CT molecular complexity index is 478. The van der Waals surface area contributed by atoms with E-state index in [1.165, 1.54) is 6.26 Å². The van der Waals surface area contributed by atoms with Crippen LogP contribution in [-0.2, 0) is 9.84 Å². The molecule has 0 aliphatic carbocycles. The molecule has 0 aliphatic rings. The lowest BCUT2D eigenvalue weighted by Crippen LogP contribution is -2.26. The van der Waals surface area contributed by atoms with Gasteiger partial charge in [0.1, 0.15) is 0 Å². The molecule has 0 saturated heterocycles. The van der Waals surface area contributed by atoms with Crippen LogP contribution in [0.5, 0.6) is 0 Å². The Morgan fingerprint density at radius 2 is 1.76 bits per heavy atom. The average molecular weight is 278 g/mol. The lowest BCUT2D eigenvalue weighted by molar-refractivity contribution is 0.326. The number of benzene rings is 1. The molecule has 5 heteroatoms. The molecule has 0 unspecified atom stereocenters.